The molecule has 2 rings (SSSR count). The van der Waals surface area contributed by atoms with Crippen LogP contribution in [0.2, 0.25) is 0 Å². The molecule has 1 N–H and O–H groups in total. The van der Waals surface area contributed by atoms with Gasteiger partial charge in [0.05, 0.1) is 11.9 Å². The van der Waals surface area contributed by atoms with Crippen LogP contribution < -0.4 is 0 Å². The summed E-state index contributed by atoms with van der Waals surface area (Å²) in [4.78, 5) is 2.20. The Kier molecular flexibility index (Phi) is 3.80. The number of likely N-dealkylation sites (N-methyl/N-ethyl adjacent to an activating group) is 1. The van der Waals surface area contributed by atoms with Crippen LogP contribution in [0.1, 0.15) is 32.1 Å². The molecule has 4 nitrogen and oxygen atoms in total. The van der Waals surface area contributed by atoms with Crippen molar-refractivity contribution in [3.05, 3.63) is 0 Å². The van der Waals surface area contributed by atoms with Crippen LogP contribution in [0.25, 0.3) is 0 Å². The Morgan fingerprint density at radius 2 is 1.94 bits per heavy atom. The first-order valence-corrected chi connectivity index (χ1v) is 8.50. The van der Waals surface area contributed by atoms with Gasteiger partial charge >= 0.3 is 0 Å². The SMILES string of the molecule is CN1C(CC2CC2)CC[C@@H]1[C@@H](O)CS(C)(=O)=O. The second-order valence-electron chi connectivity index (χ2n) is 5.80. The highest BCUT2D eigenvalue weighted by Gasteiger charge is 2.38. The molecular weight excluding hydrogens is 238 g/mol. The molecule has 3 atom stereocenters. The summed E-state index contributed by atoms with van der Waals surface area (Å²) in [6.45, 7) is 0. The molecule has 0 bridgehead atoms. The van der Waals surface area contributed by atoms with E-state index >= 15 is 0 Å². The molecule has 100 valence electrons. The number of hydrogen-bond donors (Lipinski definition) is 1. The number of hydrogen-bond acceptors (Lipinski definition) is 4. The van der Waals surface area contributed by atoms with E-state index in [9.17, 15) is 13.5 Å². The number of aliphatic hydroxyl groups excluding tert-OH is 1. The molecule has 5 heteroatoms. The van der Waals surface area contributed by atoms with Crippen molar-refractivity contribution < 1.29 is 13.5 Å². The lowest BCUT2D eigenvalue weighted by atomic mass is 10.1. The van der Waals surface area contributed by atoms with Crippen LogP contribution in [0.15, 0.2) is 0 Å². The molecule has 0 aromatic carbocycles. The van der Waals surface area contributed by atoms with E-state index in [2.05, 4.69) is 4.90 Å². The van der Waals surface area contributed by atoms with Gasteiger partial charge in [-0.2, -0.15) is 0 Å². The van der Waals surface area contributed by atoms with E-state index in [0.29, 0.717) is 6.04 Å². The van der Waals surface area contributed by atoms with E-state index < -0.39 is 15.9 Å². The quantitative estimate of drug-likeness (QED) is 0.789. The van der Waals surface area contributed by atoms with Crippen LogP contribution in [-0.4, -0.2) is 55.7 Å². The Balaban J connectivity index is 1.89. The van der Waals surface area contributed by atoms with Crippen molar-refractivity contribution in [3.8, 4) is 0 Å². The van der Waals surface area contributed by atoms with Crippen LogP contribution in [0.5, 0.6) is 0 Å². The summed E-state index contributed by atoms with van der Waals surface area (Å²) in [5.41, 5.74) is 0. The van der Waals surface area contributed by atoms with Crippen LogP contribution in [0.3, 0.4) is 0 Å². The van der Waals surface area contributed by atoms with Gasteiger partial charge < -0.3 is 5.11 Å². The minimum atomic E-state index is -3.09. The van der Waals surface area contributed by atoms with Gasteiger partial charge in [-0.05, 0) is 32.2 Å². The number of aliphatic hydroxyl groups is 1. The first kappa shape index (κ1) is 13.3. The molecule has 1 aliphatic heterocycles. The molecule has 17 heavy (non-hydrogen) atoms. The molecule has 0 radical (unpaired) electrons. The molecule has 2 aliphatic rings. The highest BCUT2D eigenvalue weighted by Crippen LogP contribution is 2.38. The maximum Gasteiger partial charge on any atom is 0.150 e. The Morgan fingerprint density at radius 1 is 1.29 bits per heavy atom. The van der Waals surface area contributed by atoms with Crippen molar-refractivity contribution in [1.82, 2.24) is 4.90 Å². The third kappa shape index (κ3) is 3.66. The average molecular weight is 261 g/mol. The summed E-state index contributed by atoms with van der Waals surface area (Å²) in [7, 11) is -1.07. The van der Waals surface area contributed by atoms with Crippen LogP contribution in [0.4, 0.5) is 0 Å². The van der Waals surface area contributed by atoms with Gasteiger partial charge in [-0.3, -0.25) is 4.90 Å². The fourth-order valence-corrected chi connectivity index (χ4v) is 3.79. The zero-order chi connectivity index (χ0) is 12.6. The van der Waals surface area contributed by atoms with Gasteiger partial charge in [-0.15, -0.1) is 0 Å². The van der Waals surface area contributed by atoms with Crippen molar-refractivity contribution in [1.29, 1.82) is 0 Å². The summed E-state index contributed by atoms with van der Waals surface area (Å²) in [6, 6.07) is 0.565. The number of sulfone groups is 1. The fourth-order valence-electron chi connectivity index (χ4n) is 2.95. The predicted octanol–water partition coefficient (Wildman–Crippen LogP) is 0.655. The third-order valence-electron chi connectivity index (χ3n) is 4.11. The lowest BCUT2D eigenvalue weighted by molar-refractivity contribution is 0.0850. The molecule has 0 amide bonds. The second-order valence-corrected chi connectivity index (χ2v) is 7.99. The monoisotopic (exact) mass is 261 g/mol. The highest BCUT2D eigenvalue weighted by molar-refractivity contribution is 7.90. The normalized spacial score (nSPS) is 32.9. The standard InChI is InChI=1S/C12H23NO3S/c1-13-10(7-9-3-4-9)5-6-11(13)12(14)8-17(2,15)16/h9-12,14H,3-8H2,1-2H3/t10?,11-,12+/m1/s1. The van der Waals surface area contributed by atoms with E-state index in [1.807, 2.05) is 7.05 Å². The zero-order valence-electron chi connectivity index (χ0n) is 10.7. The summed E-state index contributed by atoms with van der Waals surface area (Å²) in [5.74, 6) is 0.770. The summed E-state index contributed by atoms with van der Waals surface area (Å²) in [6.07, 6.45) is 6.38. The second kappa shape index (κ2) is 4.86. The first-order chi connectivity index (χ1) is 7.87. The van der Waals surface area contributed by atoms with Gasteiger partial charge in [0.1, 0.15) is 9.84 Å². The van der Waals surface area contributed by atoms with E-state index in [-0.39, 0.29) is 11.8 Å². The molecule has 2 fully saturated rings. The number of rotatable bonds is 5. The van der Waals surface area contributed by atoms with Crippen LogP contribution in [0, 0.1) is 5.92 Å². The summed E-state index contributed by atoms with van der Waals surface area (Å²) >= 11 is 0. The van der Waals surface area contributed by atoms with Crippen molar-refractivity contribution in [2.75, 3.05) is 19.1 Å². The number of likely N-dealkylation sites (tertiary alicyclic amines) is 1. The molecule has 1 unspecified atom stereocenters. The Bertz CT molecular complexity index is 364. The minimum Gasteiger partial charge on any atom is -0.390 e. The predicted molar refractivity (Wildman–Crippen MR) is 67.6 cm³/mol. The largest absolute Gasteiger partial charge is 0.390 e. The summed E-state index contributed by atoms with van der Waals surface area (Å²) in [5, 5.41) is 10.0. The van der Waals surface area contributed by atoms with Gasteiger partial charge in [0.15, 0.2) is 0 Å². The van der Waals surface area contributed by atoms with E-state index in [1.165, 1.54) is 25.5 Å². The molecule has 1 heterocycles. The van der Waals surface area contributed by atoms with Crippen molar-refractivity contribution >= 4 is 9.84 Å². The van der Waals surface area contributed by atoms with Gasteiger partial charge in [-0.1, -0.05) is 12.8 Å². The van der Waals surface area contributed by atoms with Crippen molar-refractivity contribution in [2.24, 2.45) is 5.92 Å². The van der Waals surface area contributed by atoms with Crippen LogP contribution in [-0.2, 0) is 9.84 Å². The highest BCUT2D eigenvalue weighted by atomic mass is 32.2. The smallest absolute Gasteiger partial charge is 0.150 e. The number of nitrogens with zero attached hydrogens (tertiary/aromatic N) is 1. The van der Waals surface area contributed by atoms with Gasteiger partial charge in [-0.25, -0.2) is 8.42 Å². The van der Waals surface area contributed by atoms with E-state index in [1.54, 1.807) is 0 Å². The Morgan fingerprint density at radius 3 is 2.47 bits per heavy atom. The maximum atomic E-state index is 11.2. The third-order valence-corrected chi connectivity index (χ3v) is 5.06. The van der Waals surface area contributed by atoms with Crippen molar-refractivity contribution in [3.63, 3.8) is 0 Å². The molecule has 1 saturated heterocycles. The zero-order valence-corrected chi connectivity index (χ0v) is 11.5. The van der Waals surface area contributed by atoms with E-state index in [4.69, 9.17) is 0 Å². The van der Waals surface area contributed by atoms with Gasteiger partial charge in [0, 0.05) is 18.3 Å². The Labute approximate surface area is 104 Å². The van der Waals surface area contributed by atoms with Crippen molar-refractivity contribution in [2.45, 2.75) is 50.3 Å². The van der Waals surface area contributed by atoms with Gasteiger partial charge in [0.2, 0.25) is 0 Å². The lowest BCUT2D eigenvalue weighted by Gasteiger charge is -2.29. The molecule has 0 aromatic rings. The average Bonchev–Trinajstić information content (AvgIpc) is 2.90. The maximum absolute atomic E-state index is 11.2. The van der Waals surface area contributed by atoms with Gasteiger partial charge in [0.25, 0.3) is 0 Å². The summed E-state index contributed by atoms with van der Waals surface area (Å²) < 4.78 is 22.4. The minimum absolute atomic E-state index is 0.0217. The van der Waals surface area contributed by atoms with Crippen LogP contribution >= 0.6 is 0 Å². The molecule has 1 saturated carbocycles. The van der Waals surface area contributed by atoms with E-state index in [0.717, 1.165) is 18.8 Å². The fraction of sp³-hybridized carbons (Fsp3) is 1.00. The topological polar surface area (TPSA) is 57.6 Å². The molecule has 0 spiro atoms. The molecular formula is C12H23NO3S. The molecule has 1 aliphatic carbocycles. The first-order valence-electron chi connectivity index (χ1n) is 6.44. The Hall–Kier alpha value is -0.130. The molecule has 0 aromatic heterocycles. The lowest BCUT2D eigenvalue weighted by Crippen LogP contribution is -2.43.